The number of sulfonamides is 1. The smallest absolute Gasteiger partial charge is 0.241 e. The lowest BCUT2D eigenvalue weighted by molar-refractivity contribution is -0.115. The largest absolute Gasteiger partial charge is 0.325 e. The summed E-state index contributed by atoms with van der Waals surface area (Å²) in [4.78, 5) is 11.8. The number of aryl methyl sites for hydroxylation is 1. The summed E-state index contributed by atoms with van der Waals surface area (Å²) in [7, 11) is -3.86. The minimum Gasteiger partial charge on any atom is -0.325 e. The Kier molecular flexibility index (Phi) is 5.12. The van der Waals surface area contributed by atoms with E-state index in [1.807, 2.05) is 19.9 Å². The van der Waals surface area contributed by atoms with Crippen molar-refractivity contribution in [3.8, 4) is 0 Å². The third-order valence-corrected chi connectivity index (χ3v) is 4.84. The van der Waals surface area contributed by atoms with Gasteiger partial charge in [-0.15, -0.1) is 0 Å². The maximum atomic E-state index is 12.8. The predicted molar refractivity (Wildman–Crippen MR) is 86.1 cm³/mol. The quantitative estimate of drug-likeness (QED) is 0.880. The molecular weight excluding hydrogens is 319 g/mol. The number of benzene rings is 2. The Morgan fingerprint density at radius 2 is 1.74 bits per heavy atom. The Morgan fingerprint density at radius 1 is 1.09 bits per heavy atom. The molecule has 0 saturated heterocycles. The van der Waals surface area contributed by atoms with Crippen molar-refractivity contribution in [2.24, 2.45) is 0 Å². The van der Waals surface area contributed by atoms with E-state index in [2.05, 4.69) is 10.0 Å². The number of hydrogen-bond donors (Lipinski definition) is 2. The average Bonchev–Trinajstić information content (AvgIpc) is 2.50. The molecule has 23 heavy (non-hydrogen) atoms. The van der Waals surface area contributed by atoms with Gasteiger partial charge < -0.3 is 5.32 Å². The maximum Gasteiger partial charge on any atom is 0.241 e. The van der Waals surface area contributed by atoms with Crippen LogP contribution in [-0.4, -0.2) is 20.9 Å². The van der Waals surface area contributed by atoms with Gasteiger partial charge in [-0.2, -0.15) is 0 Å². The summed E-state index contributed by atoms with van der Waals surface area (Å²) < 4.78 is 39.0. The third-order valence-electron chi connectivity index (χ3n) is 3.43. The second-order valence-corrected chi connectivity index (χ2v) is 6.84. The molecule has 0 aliphatic rings. The molecule has 0 radical (unpaired) electrons. The Morgan fingerprint density at radius 3 is 2.39 bits per heavy atom. The molecular formula is C16H17FN2O3S. The molecule has 0 aliphatic heterocycles. The Hall–Kier alpha value is -2.25. The van der Waals surface area contributed by atoms with Gasteiger partial charge in [0.25, 0.3) is 0 Å². The highest BCUT2D eigenvalue weighted by Crippen LogP contribution is 2.17. The zero-order valence-electron chi connectivity index (χ0n) is 12.8. The number of halogens is 1. The van der Waals surface area contributed by atoms with Crippen molar-refractivity contribution in [1.82, 2.24) is 4.72 Å². The van der Waals surface area contributed by atoms with Gasteiger partial charge in [0.1, 0.15) is 5.82 Å². The van der Waals surface area contributed by atoms with Crippen molar-refractivity contribution in [3.05, 3.63) is 59.4 Å². The van der Waals surface area contributed by atoms with Crippen molar-refractivity contribution < 1.29 is 17.6 Å². The Bertz CT molecular complexity index is 818. The first-order chi connectivity index (χ1) is 10.8. The average molecular weight is 336 g/mol. The van der Waals surface area contributed by atoms with Gasteiger partial charge in [0, 0.05) is 5.69 Å². The molecule has 0 fully saturated rings. The van der Waals surface area contributed by atoms with Crippen LogP contribution in [0.3, 0.4) is 0 Å². The van der Waals surface area contributed by atoms with Gasteiger partial charge in [0.2, 0.25) is 15.9 Å². The molecule has 2 aromatic rings. The molecule has 0 atom stereocenters. The van der Waals surface area contributed by atoms with Gasteiger partial charge in [0.15, 0.2) is 0 Å². The van der Waals surface area contributed by atoms with E-state index in [-0.39, 0.29) is 4.90 Å². The van der Waals surface area contributed by atoms with Crippen LogP contribution in [0.15, 0.2) is 47.4 Å². The van der Waals surface area contributed by atoms with Crippen LogP contribution < -0.4 is 10.0 Å². The van der Waals surface area contributed by atoms with Crippen LogP contribution >= 0.6 is 0 Å². The lowest BCUT2D eigenvalue weighted by atomic mass is 10.1. The number of anilines is 1. The topological polar surface area (TPSA) is 75.3 Å². The van der Waals surface area contributed by atoms with Crippen LogP contribution in [0.2, 0.25) is 0 Å². The normalized spacial score (nSPS) is 11.3. The van der Waals surface area contributed by atoms with Crippen LogP contribution in [0.4, 0.5) is 10.1 Å². The summed E-state index contributed by atoms with van der Waals surface area (Å²) in [5.74, 6) is -1.01. The second-order valence-electron chi connectivity index (χ2n) is 5.07. The minimum absolute atomic E-state index is 0.0987. The SMILES string of the molecule is Cc1cccc(NC(=O)CNS(=O)(=O)c2ccc(F)cc2)c1C. The molecule has 0 aromatic heterocycles. The fourth-order valence-electron chi connectivity index (χ4n) is 1.94. The Balaban J connectivity index is 2.01. The van der Waals surface area contributed by atoms with Gasteiger partial charge in [-0.25, -0.2) is 17.5 Å². The first-order valence-electron chi connectivity index (χ1n) is 6.91. The molecule has 7 heteroatoms. The molecule has 0 unspecified atom stereocenters. The van der Waals surface area contributed by atoms with Crippen LogP contribution in [0.1, 0.15) is 11.1 Å². The van der Waals surface area contributed by atoms with Gasteiger partial charge in [-0.3, -0.25) is 4.79 Å². The fraction of sp³-hybridized carbons (Fsp3) is 0.188. The van der Waals surface area contributed by atoms with Gasteiger partial charge >= 0.3 is 0 Å². The van der Waals surface area contributed by atoms with Crippen molar-refractivity contribution in [3.63, 3.8) is 0 Å². The van der Waals surface area contributed by atoms with Crippen molar-refractivity contribution in [2.75, 3.05) is 11.9 Å². The number of amides is 1. The molecule has 0 saturated carbocycles. The van der Waals surface area contributed by atoms with E-state index in [0.29, 0.717) is 5.69 Å². The molecule has 5 nitrogen and oxygen atoms in total. The summed E-state index contributed by atoms with van der Waals surface area (Å²) in [6.07, 6.45) is 0. The van der Waals surface area contributed by atoms with Crippen molar-refractivity contribution >= 4 is 21.6 Å². The van der Waals surface area contributed by atoms with Crippen molar-refractivity contribution in [1.29, 1.82) is 0 Å². The molecule has 2 N–H and O–H groups in total. The summed E-state index contributed by atoms with van der Waals surface area (Å²) >= 11 is 0. The standard InChI is InChI=1S/C16H17FN2O3S/c1-11-4-3-5-15(12(11)2)19-16(20)10-18-23(21,22)14-8-6-13(17)7-9-14/h3-9,18H,10H2,1-2H3,(H,19,20). The highest BCUT2D eigenvalue weighted by atomic mass is 32.2. The number of carbonyl (C=O) groups is 1. The summed E-state index contributed by atoms with van der Waals surface area (Å²) in [5, 5.41) is 2.66. The molecule has 0 spiro atoms. The van der Waals surface area contributed by atoms with Gasteiger partial charge in [-0.05, 0) is 55.3 Å². The lowest BCUT2D eigenvalue weighted by Gasteiger charge is -2.11. The van der Waals surface area contributed by atoms with E-state index < -0.39 is 28.3 Å². The molecule has 0 heterocycles. The summed E-state index contributed by atoms with van der Waals surface area (Å²) in [5.41, 5.74) is 2.58. The fourth-order valence-corrected chi connectivity index (χ4v) is 2.92. The van der Waals surface area contributed by atoms with Crippen LogP contribution in [0.25, 0.3) is 0 Å². The van der Waals surface area contributed by atoms with Crippen LogP contribution in [-0.2, 0) is 14.8 Å². The van der Waals surface area contributed by atoms with E-state index in [1.54, 1.807) is 12.1 Å². The van der Waals surface area contributed by atoms with E-state index in [1.165, 1.54) is 0 Å². The second kappa shape index (κ2) is 6.89. The number of rotatable bonds is 5. The van der Waals surface area contributed by atoms with Crippen LogP contribution in [0.5, 0.6) is 0 Å². The molecule has 0 bridgehead atoms. The van der Waals surface area contributed by atoms with Gasteiger partial charge in [0.05, 0.1) is 11.4 Å². The molecule has 0 aliphatic carbocycles. The van der Waals surface area contributed by atoms with E-state index in [4.69, 9.17) is 0 Å². The van der Waals surface area contributed by atoms with E-state index in [9.17, 15) is 17.6 Å². The molecule has 2 rings (SSSR count). The highest BCUT2D eigenvalue weighted by Gasteiger charge is 2.16. The number of hydrogen-bond acceptors (Lipinski definition) is 3. The molecule has 1 amide bonds. The predicted octanol–water partition coefficient (Wildman–Crippen LogP) is 2.36. The lowest BCUT2D eigenvalue weighted by Crippen LogP contribution is -2.33. The van der Waals surface area contributed by atoms with Crippen molar-refractivity contribution in [2.45, 2.75) is 18.7 Å². The molecule has 2 aromatic carbocycles. The summed E-state index contributed by atoms with van der Waals surface area (Å²) in [6, 6.07) is 9.84. The van der Waals surface area contributed by atoms with E-state index >= 15 is 0 Å². The maximum absolute atomic E-state index is 12.8. The zero-order valence-corrected chi connectivity index (χ0v) is 13.6. The number of nitrogens with one attached hydrogen (secondary N) is 2. The minimum atomic E-state index is -3.86. The first kappa shape index (κ1) is 17.1. The third kappa shape index (κ3) is 4.37. The Labute approximate surface area is 134 Å². The van der Waals surface area contributed by atoms with Crippen LogP contribution in [0, 0.1) is 19.7 Å². The number of carbonyl (C=O) groups excluding carboxylic acids is 1. The zero-order chi connectivity index (χ0) is 17.0. The molecule has 122 valence electrons. The summed E-state index contributed by atoms with van der Waals surface area (Å²) in [6.45, 7) is 3.38. The van der Waals surface area contributed by atoms with Gasteiger partial charge in [-0.1, -0.05) is 12.1 Å². The monoisotopic (exact) mass is 336 g/mol. The highest BCUT2D eigenvalue weighted by molar-refractivity contribution is 7.89. The van der Waals surface area contributed by atoms with E-state index in [0.717, 1.165) is 35.4 Å². The first-order valence-corrected chi connectivity index (χ1v) is 8.39.